The number of anilines is 3. The summed E-state index contributed by atoms with van der Waals surface area (Å²) in [6.45, 7) is 7.02. The van der Waals surface area contributed by atoms with Crippen molar-refractivity contribution in [3.05, 3.63) is 34.1 Å². The number of sulfonamides is 2. The molecule has 0 aliphatic carbocycles. The predicted octanol–water partition coefficient (Wildman–Crippen LogP) is 2.13. The maximum absolute atomic E-state index is 13.5. The van der Waals surface area contributed by atoms with E-state index < -0.39 is 31.4 Å². The molecule has 0 spiro atoms. The average molecular weight is 568 g/mol. The molecule has 38 heavy (non-hydrogen) atoms. The standard InChI is InChI=1S/C23H33N7O6S2/c1-14(2)10-12-30-23(32)19(20(31)22(26-30)25-29-11-6-5-7-15(29)3)21-24-17-9-8-16(27-37(4,33)34)13-18(17)38(35,36)28-21/h8-9,13-15,27,31H,5-7,10-12H2,1-4H3,(H,24,28)(H,25,26). The van der Waals surface area contributed by atoms with Gasteiger partial charge in [-0.3, -0.25) is 14.9 Å². The van der Waals surface area contributed by atoms with Gasteiger partial charge in [-0.25, -0.2) is 18.1 Å². The van der Waals surface area contributed by atoms with Crippen molar-refractivity contribution in [1.29, 1.82) is 0 Å². The monoisotopic (exact) mass is 567 g/mol. The maximum Gasteiger partial charge on any atom is 0.286 e. The first-order valence-electron chi connectivity index (χ1n) is 12.4. The van der Waals surface area contributed by atoms with E-state index in [4.69, 9.17) is 0 Å². The highest BCUT2D eigenvalue weighted by Gasteiger charge is 2.31. The second-order valence-corrected chi connectivity index (χ2v) is 13.4. The number of fused-ring (bicyclic) bond motifs is 1. The summed E-state index contributed by atoms with van der Waals surface area (Å²) in [5, 5.41) is 20.3. The summed E-state index contributed by atoms with van der Waals surface area (Å²) in [7, 11) is -8.00. The van der Waals surface area contributed by atoms with Gasteiger partial charge in [0, 0.05) is 24.8 Å². The number of hydrogen-bond acceptors (Lipinski definition) is 10. The Bertz CT molecular complexity index is 1530. The Balaban J connectivity index is 1.80. The molecule has 2 aliphatic rings. The minimum Gasteiger partial charge on any atom is -0.504 e. The lowest BCUT2D eigenvalue weighted by Gasteiger charge is -2.34. The first kappa shape index (κ1) is 27.9. The third-order valence-electron chi connectivity index (χ3n) is 6.36. The van der Waals surface area contributed by atoms with Gasteiger partial charge in [0.1, 0.15) is 10.5 Å². The van der Waals surface area contributed by atoms with E-state index in [0.29, 0.717) is 13.0 Å². The van der Waals surface area contributed by atoms with Crippen molar-refractivity contribution >= 4 is 43.1 Å². The molecule has 3 heterocycles. The van der Waals surface area contributed by atoms with Crippen LogP contribution in [0.2, 0.25) is 0 Å². The molecule has 0 bridgehead atoms. The molecule has 0 amide bonds. The van der Waals surface area contributed by atoms with Crippen LogP contribution in [-0.4, -0.2) is 61.4 Å². The maximum atomic E-state index is 13.5. The Morgan fingerprint density at radius 3 is 2.66 bits per heavy atom. The van der Waals surface area contributed by atoms with Crippen LogP contribution in [0.1, 0.15) is 52.0 Å². The lowest BCUT2D eigenvalue weighted by Crippen LogP contribution is -2.43. The Morgan fingerprint density at radius 1 is 1.26 bits per heavy atom. The van der Waals surface area contributed by atoms with E-state index in [9.17, 15) is 26.7 Å². The molecular formula is C23H33N7O6S2. The minimum atomic E-state index is -4.36. The topological polar surface area (TPSA) is 175 Å². The zero-order chi connectivity index (χ0) is 27.8. The molecule has 1 aromatic heterocycles. The van der Waals surface area contributed by atoms with E-state index in [2.05, 4.69) is 25.0 Å². The number of aromatic hydroxyl groups is 1. The summed E-state index contributed by atoms with van der Waals surface area (Å²) in [6.07, 6.45) is 4.57. The van der Waals surface area contributed by atoms with Crippen molar-refractivity contribution in [2.24, 2.45) is 10.3 Å². The van der Waals surface area contributed by atoms with Crippen LogP contribution >= 0.6 is 0 Å². The van der Waals surface area contributed by atoms with Gasteiger partial charge in [0.2, 0.25) is 15.8 Å². The van der Waals surface area contributed by atoms with E-state index in [1.165, 1.54) is 16.8 Å². The molecule has 4 N–H and O–H groups in total. The lowest BCUT2D eigenvalue weighted by molar-refractivity contribution is 0.195. The van der Waals surface area contributed by atoms with Crippen LogP contribution in [0, 0.1) is 5.92 Å². The number of hydrazine groups is 1. The van der Waals surface area contributed by atoms with Crippen LogP contribution in [0.15, 0.2) is 32.3 Å². The van der Waals surface area contributed by atoms with Crippen molar-refractivity contribution in [2.75, 3.05) is 28.3 Å². The van der Waals surface area contributed by atoms with Crippen LogP contribution in [0.5, 0.6) is 5.75 Å². The fraction of sp³-hybridized carbons (Fsp3) is 0.522. The Morgan fingerprint density at radius 2 is 2.00 bits per heavy atom. The molecule has 2 aromatic rings. The van der Waals surface area contributed by atoms with Crippen LogP contribution in [0.3, 0.4) is 0 Å². The van der Waals surface area contributed by atoms with Crippen molar-refractivity contribution in [3.63, 3.8) is 0 Å². The Hall–Kier alpha value is -3.17. The average Bonchev–Trinajstić information content (AvgIpc) is 2.80. The zero-order valence-corrected chi connectivity index (χ0v) is 23.4. The number of hydrogen-bond donors (Lipinski definition) is 4. The van der Waals surface area contributed by atoms with Crippen molar-refractivity contribution < 1.29 is 21.9 Å². The third kappa shape index (κ3) is 6.10. The summed E-state index contributed by atoms with van der Waals surface area (Å²) < 4.78 is 56.6. The fourth-order valence-corrected chi connectivity index (χ4v) is 6.03. The molecule has 1 aromatic carbocycles. The second-order valence-electron chi connectivity index (χ2n) is 10.1. The quantitative estimate of drug-likeness (QED) is 0.370. The molecule has 1 atom stereocenters. The molecule has 208 valence electrons. The van der Waals surface area contributed by atoms with Gasteiger partial charge in [-0.1, -0.05) is 20.3 Å². The number of aryl methyl sites for hydroxylation is 1. The van der Waals surface area contributed by atoms with Gasteiger partial charge in [0.25, 0.3) is 15.6 Å². The first-order chi connectivity index (χ1) is 17.7. The summed E-state index contributed by atoms with van der Waals surface area (Å²) in [6, 6.07) is 4.04. The van der Waals surface area contributed by atoms with Gasteiger partial charge < -0.3 is 10.4 Å². The normalized spacial score (nSPS) is 19.4. The molecule has 2 aliphatic heterocycles. The van der Waals surface area contributed by atoms with Gasteiger partial charge in [-0.15, -0.1) is 9.50 Å². The van der Waals surface area contributed by atoms with Gasteiger partial charge in [0.15, 0.2) is 11.6 Å². The number of aromatic nitrogens is 2. The van der Waals surface area contributed by atoms with Crippen LogP contribution in [0.4, 0.5) is 17.2 Å². The molecule has 1 saturated heterocycles. The molecule has 0 saturated carbocycles. The van der Waals surface area contributed by atoms with E-state index in [-0.39, 0.29) is 52.0 Å². The Kier molecular flexibility index (Phi) is 7.72. The van der Waals surface area contributed by atoms with Crippen molar-refractivity contribution in [3.8, 4) is 5.75 Å². The molecule has 1 fully saturated rings. The van der Waals surface area contributed by atoms with Gasteiger partial charge in [-0.2, -0.15) is 8.42 Å². The Labute approximate surface area is 222 Å². The summed E-state index contributed by atoms with van der Waals surface area (Å²) >= 11 is 0. The summed E-state index contributed by atoms with van der Waals surface area (Å²) in [5.41, 5.74) is 2.22. The minimum absolute atomic E-state index is 0.0255. The van der Waals surface area contributed by atoms with E-state index in [1.807, 2.05) is 25.8 Å². The highest BCUT2D eigenvalue weighted by atomic mass is 32.2. The van der Waals surface area contributed by atoms with Crippen LogP contribution < -0.4 is 21.0 Å². The fourth-order valence-electron chi connectivity index (χ4n) is 4.33. The lowest BCUT2D eigenvalue weighted by atomic mass is 10.1. The smallest absolute Gasteiger partial charge is 0.286 e. The number of nitrogens with zero attached hydrogens (tertiary/aromatic N) is 4. The largest absolute Gasteiger partial charge is 0.504 e. The number of piperidine rings is 1. The van der Waals surface area contributed by atoms with E-state index in [1.54, 1.807) is 0 Å². The van der Waals surface area contributed by atoms with E-state index >= 15 is 0 Å². The highest BCUT2D eigenvalue weighted by Crippen LogP contribution is 2.33. The van der Waals surface area contributed by atoms with Crippen molar-refractivity contribution in [2.45, 2.75) is 63.9 Å². The van der Waals surface area contributed by atoms with E-state index in [0.717, 1.165) is 31.6 Å². The van der Waals surface area contributed by atoms with Gasteiger partial charge >= 0.3 is 0 Å². The zero-order valence-electron chi connectivity index (χ0n) is 21.7. The summed E-state index contributed by atoms with van der Waals surface area (Å²) in [4.78, 5) is 13.2. The predicted molar refractivity (Wildman–Crippen MR) is 146 cm³/mol. The SMILES string of the molecule is CC(C)CCn1nc(NN2CCCCC2C)c(O)c(C2=NS(=O)(=O)c3cc(NS(C)(=O)=O)ccc3N2)c1=O. The molecule has 0 radical (unpaired) electrons. The number of amidine groups is 1. The molecule has 13 nitrogen and oxygen atoms in total. The van der Waals surface area contributed by atoms with Gasteiger partial charge in [-0.05, 0) is 50.3 Å². The van der Waals surface area contributed by atoms with Gasteiger partial charge in [0.05, 0.1) is 11.9 Å². The van der Waals surface area contributed by atoms with Crippen LogP contribution in [-0.2, 0) is 26.6 Å². The highest BCUT2D eigenvalue weighted by molar-refractivity contribution is 7.92. The summed E-state index contributed by atoms with van der Waals surface area (Å²) in [5.74, 6) is -0.572. The molecule has 4 rings (SSSR count). The molecule has 15 heteroatoms. The number of rotatable bonds is 8. The first-order valence-corrected chi connectivity index (χ1v) is 15.7. The number of benzene rings is 1. The third-order valence-corrected chi connectivity index (χ3v) is 8.29. The molecule has 1 unspecified atom stereocenters. The molecular weight excluding hydrogens is 534 g/mol. The number of nitrogens with one attached hydrogen (secondary N) is 3. The van der Waals surface area contributed by atoms with Crippen molar-refractivity contribution in [1.82, 2.24) is 14.8 Å². The second kappa shape index (κ2) is 10.5. The van der Waals surface area contributed by atoms with Crippen LogP contribution in [0.25, 0.3) is 0 Å².